The van der Waals surface area contributed by atoms with Crippen LogP contribution in [0.4, 0.5) is 0 Å². The summed E-state index contributed by atoms with van der Waals surface area (Å²) in [5.41, 5.74) is 7.25. The number of carbonyl (C=O) groups excluding carboxylic acids is 1. The number of aryl methyl sites for hydroxylation is 1. The van der Waals surface area contributed by atoms with Crippen LogP contribution in [0.25, 0.3) is 0 Å². The third-order valence-electron chi connectivity index (χ3n) is 3.05. The Kier molecular flexibility index (Phi) is 3.19. The summed E-state index contributed by atoms with van der Waals surface area (Å²) >= 11 is 0. The van der Waals surface area contributed by atoms with Gasteiger partial charge in [0.05, 0.1) is 0 Å². The van der Waals surface area contributed by atoms with E-state index in [2.05, 4.69) is 4.98 Å². The van der Waals surface area contributed by atoms with E-state index in [0.717, 1.165) is 25.1 Å². The summed E-state index contributed by atoms with van der Waals surface area (Å²) in [5, 5.41) is 0. The van der Waals surface area contributed by atoms with Gasteiger partial charge < -0.3 is 10.6 Å². The lowest BCUT2D eigenvalue weighted by molar-refractivity contribution is 0.0741. The van der Waals surface area contributed by atoms with Gasteiger partial charge in [0, 0.05) is 36.6 Å². The SMILES string of the molecule is Cc1cc(C(=O)N2CCCC2CN)ccn1. The molecule has 0 radical (unpaired) electrons. The first-order chi connectivity index (χ1) is 7.72. The van der Waals surface area contributed by atoms with E-state index >= 15 is 0 Å². The number of likely N-dealkylation sites (tertiary alicyclic amines) is 1. The Morgan fingerprint density at radius 2 is 2.50 bits per heavy atom. The van der Waals surface area contributed by atoms with Crippen LogP contribution in [0.1, 0.15) is 28.9 Å². The zero-order valence-corrected chi connectivity index (χ0v) is 9.52. The van der Waals surface area contributed by atoms with Gasteiger partial charge >= 0.3 is 0 Å². The minimum absolute atomic E-state index is 0.0819. The Hall–Kier alpha value is -1.42. The van der Waals surface area contributed by atoms with Gasteiger partial charge in [-0.05, 0) is 31.9 Å². The Balaban J connectivity index is 2.18. The molecule has 0 aliphatic carbocycles. The second-order valence-corrected chi connectivity index (χ2v) is 4.22. The van der Waals surface area contributed by atoms with Crippen LogP contribution in [0.2, 0.25) is 0 Å². The van der Waals surface area contributed by atoms with Gasteiger partial charge in [-0.25, -0.2) is 0 Å². The molecule has 1 aliphatic heterocycles. The topological polar surface area (TPSA) is 59.2 Å². The third kappa shape index (κ3) is 2.07. The molecule has 86 valence electrons. The maximum Gasteiger partial charge on any atom is 0.254 e. The van der Waals surface area contributed by atoms with Crippen molar-refractivity contribution in [2.45, 2.75) is 25.8 Å². The summed E-state index contributed by atoms with van der Waals surface area (Å²) in [6.07, 6.45) is 3.75. The molecule has 2 rings (SSSR count). The van der Waals surface area contributed by atoms with E-state index in [0.29, 0.717) is 12.1 Å². The number of amides is 1. The average Bonchev–Trinajstić information content (AvgIpc) is 2.76. The Morgan fingerprint density at radius 3 is 3.19 bits per heavy atom. The van der Waals surface area contributed by atoms with Gasteiger partial charge in [0.15, 0.2) is 0 Å². The van der Waals surface area contributed by atoms with Gasteiger partial charge in [-0.3, -0.25) is 9.78 Å². The average molecular weight is 219 g/mol. The summed E-state index contributed by atoms with van der Waals surface area (Å²) in [6, 6.07) is 3.80. The molecule has 2 N–H and O–H groups in total. The van der Waals surface area contributed by atoms with E-state index in [1.165, 1.54) is 0 Å². The molecule has 0 saturated carbocycles. The maximum absolute atomic E-state index is 12.2. The quantitative estimate of drug-likeness (QED) is 0.805. The van der Waals surface area contributed by atoms with Gasteiger partial charge in [-0.2, -0.15) is 0 Å². The number of hydrogen-bond acceptors (Lipinski definition) is 3. The zero-order valence-electron chi connectivity index (χ0n) is 9.52. The van der Waals surface area contributed by atoms with E-state index < -0.39 is 0 Å². The van der Waals surface area contributed by atoms with Crippen molar-refractivity contribution in [2.75, 3.05) is 13.1 Å². The lowest BCUT2D eigenvalue weighted by atomic mass is 10.2. The number of hydrogen-bond donors (Lipinski definition) is 1. The molecular formula is C12H17N3O. The number of nitrogens with two attached hydrogens (primary N) is 1. The van der Waals surface area contributed by atoms with Gasteiger partial charge in [0.1, 0.15) is 0 Å². The largest absolute Gasteiger partial charge is 0.334 e. The van der Waals surface area contributed by atoms with Crippen molar-refractivity contribution >= 4 is 5.91 Å². The van der Waals surface area contributed by atoms with Gasteiger partial charge in [-0.1, -0.05) is 0 Å². The predicted octanol–water partition coefficient (Wildman–Crippen LogP) is 0.953. The van der Waals surface area contributed by atoms with Crippen LogP contribution in [0.15, 0.2) is 18.3 Å². The van der Waals surface area contributed by atoms with Crippen LogP contribution in [-0.2, 0) is 0 Å². The van der Waals surface area contributed by atoms with E-state index in [1.54, 1.807) is 12.3 Å². The summed E-state index contributed by atoms with van der Waals surface area (Å²) in [5.74, 6) is 0.0819. The molecular weight excluding hydrogens is 202 g/mol. The lowest BCUT2D eigenvalue weighted by Gasteiger charge is -2.23. The molecule has 4 nitrogen and oxygen atoms in total. The highest BCUT2D eigenvalue weighted by Crippen LogP contribution is 2.19. The lowest BCUT2D eigenvalue weighted by Crippen LogP contribution is -2.39. The fraction of sp³-hybridized carbons (Fsp3) is 0.500. The normalized spacial score (nSPS) is 20.1. The molecule has 1 fully saturated rings. The van der Waals surface area contributed by atoms with Gasteiger partial charge in [0.25, 0.3) is 5.91 Å². The summed E-state index contributed by atoms with van der Waals surface area (Å²) in [7, 11) is 0. The van der Waals surface area contributed by atoms with Crippen molar-refractivity contribution in [1.82, 2.24) is 9.88 Å². The second-order valence-electron chi connectivity index (χ2n) is 4.22. The second kappa shape index (κ2) is 4.61. The number of nitrogens with zero attached hydrogens (tertiary/aromatic N) is 2. The van der Waals surface area contributed by atoms with Crippen molar-refractivity contribution in [3.05, 3.63) is 29.6 Å². The van der Waals surface area contributed by atoms with E-state index in [-0.39, 0.29) is 11.9 Å². The van der Waals surface area contributed by atoms with E-state index in [1.807, 2.05) is 17.9 Å². The minimum atomic E-state index is 0.0819. The molecule has 1 amide bonds. The standard InChI is InChI=1S/C12H17N3O/c1-9-7-10(4-5-14-9)12(16)15-6-2-3-11(15)8-13/h4-5,7,11H,2-3,6,8,13H2,1H3. The first kappa shape index (κ1) is 11.1. The molecule has 0 aromatic carbocycles. The molecule has 1 saturated heterocycles. The number of rotatable bonds is 2. The van der Waals surface area contributed by atoms with Crippen molar-refractivity contribution in [3.63, 3.8) is 0 Å². The van der Waals surface area contributed by atoms with Crippen LogP contribution < -0.4 is 5.73 Å². The van der Waals surface area contributed by atoms with Crippen molar-refractivity contribution in [1.29, 1.82) is 0 Å². The molecule has 1 aromatic rings. The molecule has 1 unspecified atom stereocenters. The van der Waals surface area contributed by atoms with Crippen molar-refractivity contribution in [3.8, 4) is 0 Å². The Morgan fingerprint density at radius 1 is 1.69 bits per heavy atom. The zero-order chi connectivity index (χ0) is 11.5. The van der Waals surface area contributed by atoms with Crippen LogP contribution in [-0.4, -0.2) is 34.9 Å². The number of pyridine rings is 1. The number of aromatic nitrogens is 1. The number of carbonyl (C=O) groups is 1. The minimum Gasteiger partial charge on any atom is -0.334 e. The highest BCUT2D eigenvalue weighted by atomic mass is 16.2. The fourth-order valence-electron chi connectivity index (χ4n) is 2.19. The first-order valence-corrected chi connectivity index (χ1v) is 5.66. The highest BCUT2D eigenvalue weighted by Gasteiger charge is 2.28. The molecule has 1 aromatic heterocycles. The van der Waals surface area contributed by atoms with Crippen LogP contribution in [0.5, 0.6) is 0 Å². The first-order valence-electron chi connectivity index (χ1n) is 5.66. The summed E-state index contributed by atoms with van der Waals surface area (Å²) in [6.45, 7) is 3.26. The van der Waals surface area contributed by atoms with E-state index in [4.69, 9.17) is 5.73 Å². The molecule has 2 heterocycles. The summed E-state index contributed by atoms with van der Waals surface area (Å²) < 4.78 is 0. The Labute approximate surface area is 95.5 Å². The molecule has 1 atom stereocenters. The monoisotopic (exact) mass is 219 g/mol. The van der Waals surface area contributed by atoms with Crippen LogP contribution in [0.3, 0.4) is 0 Å². The van der Waals surface area contributed by atoms with E-state index in [9.17, 15) is 4.79 Å². The smallest absolute Gasteiger partial charge is 0.254 e. The fourth-order valence-corrected chi connectivity index (χ4v) is 2.19. The molecule has 0 bridgehead atoms. The highest BCUT2D eigenvalue weighted by molar-refractivity contribution is 5.94. The van der Waals surface area contributed by atoms with Crippen LogP contribution >= 0.6 is 0 Å². The maximum atomic E-state index is 12.2. The van der Waals surface area contributed by atoms with Gasteiger partial charge in [0.2, 0.25) is 0 Å². The predicted molar refractivity (Wildman–Crippen MR) is 62.1 cm³/mol. The molecule has 4 heteroatoms. The van der Waals surface area contributed by atoms with Crippen molar-refractivity contribution in [2.24, 2.45) is 5.73 Å². The molecule has 1 aliphatic rings. The summed E-state index contributed by atoms with van der Waals surface area (Å²) in [4.78, 5) is 18.2. The Bertz CT molecular complexity index is 392. The molecule has 16 heavy (non-hydrogen) atoms. The van der Waals surface area contributed by atoms with Crippen molar-refractivity contribution < 1.29 is 4.79 Å². The molecule has 0 spiro atoms. The third-order valence-corrected chi connectivity index (χ3v) is 3.05. The van der Waals surface area contributed by atoms with Crippen LogP contribution in [0, 0.1) is 6.92 Å². The van der Waals surface area contributed by atoms with Gasteiger partial charge in [-0.15, -0.1) is 0 Å².